The summed E-state index contributed by atoms with van der Waals surface area (Å²) in [6.07, 6.45) is 0.991. The van der Waals surface area contributed by atoms with Crippen molar-refractivity contribution in [3.05, 3.63) is 24.3 Å². The van der Waals surface area contributed by atoms with Gasteiger partial charge in [-0.3, -0.25) is 4.79 Å². The van der Waals surface area contributed by atoms with E-state index in [4.69, 9.17) is 4.74 Å². The van der Waals surface area contributed by atoms with Gasteiger partial charge in [-0.25, -0.2) is 0 Å². The maximum atomic E-state index is 12.0. The van der Waals surface area contributed by atoms with Crippen LogP contribution in [0.2, 0.25) is 0 Å². The molecule has 5 heteroatoms. The van der Waals surface area contributed by atoms with E-state index in [9.17, 15) is 4.79 Å². The van der Waals surface area contributed by atoms with Crippen LogP contribution in [0.15, 0.2) is 24.3 Å². The van der Waals surface area contributed by atoms with Crippen LogP contribution in [0.25, 0.3) is 0 Å². The molecule has 0 aliphatic carbocycles. The molecule has 20 heavy (non-hydrogen) atoms. The fraction of sp³-hybridized carbons (Fsp3) is 0.533. The first-order chi connectivity index (χ1) is 9.20. The number of hydrogen-bond donors (Lipinski definition) is 2. The molecule has 1 aliphatic rings. The van der Waals surface area contributed by atoms with Crippen LogP contribution in [0.3, 0.4) is 0 Å². The Bertz CT molecular complexity index is 418. The van der Waals surface area contributed by atoms with Gasteiger partial charge in [0.25, 0.3) is 0 Å². The Morgan fingerprint density at radius 3 is 2.55 bits per heavy atom. The fourth-order valence-electron chi connectivity index (χ4n) is 1.99. The normalized spacial score (nSPS) is 15.7. The van der Waals surface area contributed by atoms with Gasteiger partial charge in [0, 0.05) is 11.6 Å². The molecule has 0 radical (unpaired) electrons. The Morgan fingerprint density at radius 1 is 1.40 bits per heavy atom. The predicted octanol–water partition coefficient (Wildman–Crippen LogP) is 2.69. The molecule has 0 saturated carbocycles. The van der Waals surface area contributed by atoms with Crippen LogP contribution in [0, 0.1) is 11.8 Å². The first-order valence-electron chi connectivity index (χ1n) is 6.95. The Kier molecular flexibility index (Phi) is 6.82. The Hall–Kier alpha value is -1.26. The lowest BCUT2D eigenvalue weighted by molar-refractivity contribution is -0.121. The predicted molar refractivity (Wildman–Crippen MR) is 83.6 cm³/mol. The summed E-state index contributed by atoms with van der Waals surface area (Å²) < 4.78 is 5.51. The molecule has 4 nitrogen and oxygen atoms in total. The van der Waals surface area contributed by atoms with E-state index in [1.165, 1.54) is 0 Å². The highest BCUT2D eigenvalue weighted by Crippen LogP contribution is 2.20. The summed E-state index contributed by atoms with van der Waals surface area (Å²) >= 11 is 0. The molecular weight excluding hydrogens is 276 g/mol. The highest BCUT2D eigenvalue weighted by Gasteiger charge is 2.28. The third kappa shape index (κ3) is 4.39. The van der Waals surface area contributed by atoms with Crippen LogP contribution in [-0.2, 0) is 4.79 Å². The van der Waals surface area contributed by atoms with Crippen molar-refractivity contribution in [3.63, 3.8) is 0 Å². The van der Waals surface area contributed by atoms with Crippen molar-refractivity contribution in [2.45, 2.75) is 20.3 Å². The topological polar surface area (TPSA) is 50.4 Å². The van der Waals surface area contributed by atoms with Crippen LogP contribution >= 0.6 is 12.4 Å². The van der Waals surface area contributed by atoms with Gasteiger partial charge >= 0.3 is 0 Å². The number of amides is 1. The second kappa shape index (κ2) is 8.12. The highest BCUT2D eigenvalue weighted by atomic mass is 35.5. The second-order valence-electron chi connectivity index (χ2n) is 5.07. The number of carbonyl (C=O) groups is 1. The lowest BCUT2D eigenvalue weighted by Crippen LogP contribution is -2.48. The lowest BCUT2D eigenvalue weighted by atomic mass is 9.88. The van der Waals surface area contributed by atoms with Gasteiger partial charge in [-0.05, 0) is 49.7 Å². The van der Waals surface area contributed by atoms with Crippen molar-refractivity contribution in [2.75, 3.05) is 25.0 Å². The number of benzene rings is 1. The summed E-state index contributed by atoms with van der Waals surface area (Å²) in [6, 6.07) is 7.55. The van der Waals surface area contributed by atoms with Gasteiger partial charge in [0.1, 0.15) is 5.75 Å². The Balaban J connectivity index is 0.00000200. The molecule has 0 aromatic heterocycles. The van der Waals surface area contributed by atoms with Gasteiger partial charge in [-0.1, -0.05) is 13.8 Å². The number of nitrogens with one attached hydrogen (secondary N) is 2. The van der Waals surface area contributed by atoms with Crippen molar-refractivity contribution in [2.24, 2.45) is 11.8 Å². The summed E-state index contributed by atoms with van der Waals surface area (Å²) in [5.41, 5.74) is 0.827. The van der Waals surface area contributed by atoms with Gasteiger partial charge in [-0.2, -0.15) is 0 Å². The van der Waals surface area contributed by atoms with Crippen LogP contribution in [-0.4, -0.2) is 25.6 Å². The third-order valence-corrected chi connectivity index (χ3v) is 3.53. The van der Waals surface area contributed by atoms with Crippen LogP contribution in [0.5, 0.6) is 5.75 Å². The number of hydrogen-bond acceptors (Lipinski definition) is 3. The van der Waals surface area contributed by atoms with E-state index in [-0.39, 0.29) is 24.2 Å². The van der Waals surface area contributed by atoms with E-state index < -0.39 is 0 Å². The standard InChI is InChI=1S/C15H22N2O2.ClH/c1-3-8-19-14-6-4-13(5-7-14)17-15(18)11(2)12-9-16-10-12;/h4-7,11-12,16H,3,8-10H2,1-2H3,(H,17,18);1H. The van der Waals surface area contributed by atoms with Crippen molar-refractivity contribution >= 4 is 24.0 Å². The molecule has 1 aromatic carbocycles. The van der Waals surface area contributed by atoms with Gasteiger partial charge in [-0.15, -0.1) is 12.4 Å². The van der Waals surface area contributed by atoms with Crippen molar-refractivity contribution in [3.8, 4) is 5.75 Å². The van der Waals surface area contributed by atoms with E-state index in [2.05, 4.69) is 17.6 Å². The highest BCUT2D eigenvalue weighted by molar-refractivity contribution is 5.92. The zero-order chi connectivity index (χ0) is 13.7. The molecule has 112 valence electrons. The zero-order valence-electron chi connectivity index (χ0n) is 12.0. The van der Waals surface area contributed by atoms with Crippen LogP contribution in [0.1, 0.15) is 20.3 Å². The number of rotatable bonds is 6. The summed E-state index contributed by atoms with van der Waals surface area (Å²) in [5, 5.41) is 6.14. The first-order valence-corrected chi connectivity index (χ1v) is 6.95. The van der Waals surface area contributed by atoms with Crippen molar-refractivity contribution < 1.29 is 9.53 Å². The number of anilines is 1. The van der Waals surface area contributed by atoms with Gasteiger partial charge in [0.2, 0.25) is 5.91 Å². The van der Waals surface area contributed by atoms with Crippen molar-refractivity contribution in [1.82, 2.24) is 5.32 Å². The average Bonchev–Trinajstić information content (AvgIpc) is 2.36. The molecule has 1 aromatic rings. The molecule has 1 fully saturated rings. The second-order valence-corrected chi connectivity index (χ2v) is 5.07. The molecule has 1 saturated heterocycles. The molecule has 1 amide bonds. The SMILES string of the molecule is CCCOc1ccc(NC(=O)C(C)C2CNC2)cc1.Cl. The van der Waals surface area contributed by atoms with E-state index in [0.717, 1.165) is 37.6 Å². The summed E-state index contributed by atoms with van der Waals surface area (Å²) in [5.74, 6) is 1.45. The summed E-state index contributed by atoms with van der Waals surface area (Å²) in [4.78, 5) is 12.0. The Labute approximate surface area is 126 Å². The fourth-order valence-corrected chi connectivity index (χ4v) is 1.99. The van der Waals surface area contributed by atoms with Gasteiger partial charge < -0.3 is 15.4 Å². The number of carbonyl (C=O) groups excluding carboxylic acids is 1. The largest absolute Gasteiger partial charge is 0.494 e. The minimum Gasteiger partial charge on any atom is -0.494 e. The van der Waals surface area contributed by atoms with E-state index in [0.29, 0.717) is 5.92 Å². The average molecular weight is 299 g/mol. The quantitative estimate of drug-likeness (QED) is 0.849. The summed E-state index contributed by atoms with van der Waals surface area (Å²) in [7, 11) is 0. The third-order valence-electron chi connectivity index (χ3n) is 3.53. The molecule has 1 unspecified atom stereocenters. The molecular formula is C15H23ClN2O2. The first kappa shape index (κ1) is 16.8. The van der Waals surface area contributed by atoms with Gasteiger partial charge in [0.15, 0.2) is 0 Å². The van der Waals surface area contributed by atoms with E-state index in [1.807, 2.05) is 31.2 Å². The Morgan fingerprint density at radius 2 is 2.05 bits per heavy atom. The van der Waals surface area contributed by atoms with Crippen LogP contribution < -0.4 is 15.4 Å². The molecule has 1 aliphatic heterocycles. The summed E-state index contributed by atoms with van der Waals surface area (Å²) in [6.45, 7) is 6.67. The smallest absolute Gasteiger partial charge is 0.227 e. The number of ether oxygens (including phenoxy) is 1. The maximum Gasteiger partial charge on any atom is 0.227 e. The van der Waals surface area contributed by atoms with Gasteiger partial charge in [0.05, 0.1) is 6.61 Å². The minimum absolute atomic E-state index is 0. The van der Waals surface area contributed by atoms with Crippen LogP contribution in [0.4, 0.5) is 5.69 Å². The molecule has 1 atom stereocenters. The minimum atomic E-state index is 0. The molecule has 0 spiro atoms. The lowest BCUT2D eigenvalue weighted by Gasteiger charge is -2.31. The van der Waals surface area contributed by atoms with E-state index in [1.54, 1.807) is 0 Å². The zero-order valence-corrected chi connectivity index (χ0v) is 12.8. The molecule has 0 bridgehead atoms. The monoisotopic (exact) mass is 298 g/mol. The van der Waals surface area contributed by atoms with Crippen molar-refractivity contribution in [1.29, 1.82) is 0 Å². The molecule has 2 N–H and O–H groups in total. The van der Waals surface area contributed by atoms with E-state index >= 15 is 0 Å². The molecule has 2 rings (SSSR count). The number of halogens is 1. The maximum absolute atomic E-state index is 12.0. The molecule has 1 heterocycles.